The minimum atomic E-state index is -0.536. The zero-order valence-corrected chi connectivity index (χ0v) is 7.75. The fourth-order valence-corrected chi connectivity index (χ4v) is 0.542. The molecule has 66 valence electrons. The van der Waals surface area contributed by atoms with Gasteiger partial charge < -0.3 is 10.9 Å². The van der Waals surface area contributed by atoms with E-state index in [1.807, 2.05) is 0 Å². The minimum Gasteiger partial charge on any atom is -1.00 e. The van der Waals surface area contributed by atoms with E-state index >= 15 is 0 Å². The molecule has 0 saturated heterocycles. The van der Waals surface area contributed by atoms with Gasteiger partial charge in [-0.2, -0.15) is 0 Å². The summed E-state index contributed by atoms with van der Waals surface area (Å²) in [5.74, 6) is -1.07. The zero-order chi connectivity index (χ0) is 8.69. The van der Waals surface area contributed by atoms with E-state index in [9.17, 15) is 9.59 Å². The van der Waals surface area contributed by atoms with Crippen LogP contribution in [0.4, 0.5) is 0 Å². The number of carbonyl (C=O) groups excluding carboxylic acids is 2. The Bertz CT molecular complexity index is 135. The second kappa shape index (κ2) is 8.63. The van der Waals surface area contributed by atoms with Crippen LogP contribution in [0.15, 0.2) is 0 Å². The Morgan fingerprint density at radius 3 is 1.67 bits per heavy atom. The molecule has 0 aromatic carbocycles. The van der Waals surface area contributed by atoms with Crippen molar-refractivity contribution in [1.29, 1.82) is 0 Å². The van der Waals surface area contributed by atoms with Gasteiger partial charge >= 0.3 is 30.8 Å². The van der Waals surface area contributed by atoms with Gasteiger partial charge in [-0.1, -0.05) is 0 Å². The van der Waals surface area contributed by atoms with Crippen LogP contribution in [0.3, 0.4) is 0 Å². The molecule has 0 fully saturated rings. The van der Waals surface area contributed by atoms with Gasteiger partial charge in [-0.15, -0.1) is 0 Å². The molecule has 0 aromatic rings. The van der Waals surface area contributed by atoms with Gasteiger partial charge in [0.05, 0.1) is 13.2 Å². The molecule has 0 aromatic heterocycles. The topological polar surface area (TPSA) is 52.6 Å². The molecular formula is C7H13LiO4. The first-order valence-corrected chi connectivity index (χ1v) is 3.52. The summed E-state index contributed by atoms with van der Waals surface area (Å²) in [6.07, 6.45) is -0.290. The van der Waals surface area contributed by atoms with Crippen molar-refractivity contribution in [2.24, 2.45) is 0 Å². The quantitative estimate of drug-likeness (QED) is 0.267. The van der Waals surface area contributed by atoms with Crippen LogP contribution in [-0.2, 0) is 19.1 Å². The van der Waals surface area contributed by atoms with Crippen LogP contribution in [0, 0.1) is 0 Å². The summed E-state index contributed by atoms with van der Waals surface area (Å²) < 4.78 is 9.04. The molecule has 0 aliphatic rings. The predicted octanol–water partition coefficient (Wildman–Crippen LogP) is -2.38. The second-order valence-corrected chi connectivity index (χ2v) is 1.79. The van der Waals surface area contributed by atoms with E-state index in [-0.39, 0.29) is 39.9 Å². The van der Waals surface area contributed by atoms with Crippen molar-refractivity contribution in [1.82, 2.24) is 0 Å². The van der Waals surface area contributed by atoms with E-state index < -0.39 is 11.9 Å². The number of rotatable bonds is 4. The molecule has 0 rings (SSSR count). The van der Waals surface area contributed by atoms with E-state index in [1.165, 1.54) is 0 Å². The molecule has 0 aliphatic carbocycles. The average Bonchev–Trinajstić information content (AvgIpc) is 1.87. The molecule has 0 spiro atoms. The van der Waals surface area contributed by atoms with Crippen LogP contribution in [0.5, 0.6) is 0 Å². The van der Waals surface area contributed by atoms with Gasteiger partial charge in [0, 0.05) is 0 Å². The third-order valence-corrected chi connectivity index (χ3v) is 0.899. The Morgan fingerprint density at radius 1 is 1.08 bits per heavy atom. The van der Waals surface area contributed by atoms with Crippen molar-refractivity contribution in [2.75, 3.05) is 13.2 Å². The summed E-state index contributed by atoms with van der Waals surface area (Å²) in [5, 5.41) is 0. The summed E-state index contributed by atoms with van der Waals surface area (Å²) in [4.78, 5) is 21.2. The summed E-state index contributed by atoms with van der Waals surface area (Å²) in [6.45, 7) is 3.95. The predicted molar refractivity (Wildman–Crippen MR) is 39.0 cm³/mol. The van der Waals surface area contributed by atoms with E-state index in [0.717, 1.165) is 0 Å². The molecule has 4 nitrogen and oxygen atoms in total. The molecule has 0 N–H and O–H groups in total. The number of ether oxygens (including phenoxy) is 2. The molecule has 0 radical (unpaired) electrons. The van der Waals surface area contributed by atoms with Crippen LogP contribution >= 0.6 is 0 Å². The molecule has 12 heavy (non-hydrogen) atoms. The Hall–Kier alpha value is -0.463. The maximum absolute atomic E-state index is 10.6. The molecule has 0 aliphatic heterocycles. The van der Waals surface area contributed by atoms with Gasteiger partial charge in [-0.3, -0.25) is 9.59 Å². The van der Waals surface area contributed by atoms with E-state index in [1.54, 1.807) is 13.8 Å². The Labute approximate surface area is 85.3 Å². The van der Waals surface area contributed by atoms with Gasteiger partial charge in [-0.25, -0.2) is 0 Å². The first-order chi connectivity index (χ1) is 5.20. The van der Waals surface area contributed by atoms with E-state index in [4.69, 9.17) is 0 Å². The molecule has 0 unspecified atom stereocenters. The fourth-order valence-electron chi connectivity index (χ4n) is 0.542. The Balaban J connectivity index is -0.000000500. The van der Waals surface area contributed by atoms with Crippen molar-refractivity contribution in [3.05, 3.63) is 0 Å². The molecule has 0 heterocycles. The first kappa shape index (κ1) is 14.1. The molecule has 0 saturated carbocycles. The zero-order valence-electron chi connectivity index (χ0n) is 8.75. The normalized spacial score (nSPS) is 8.17. The summed E-state index contributed by atoms with van der Waals surface area (Å²) >= 11 is 0. The van der Waals surface area contributed by atoms with Crippen molar-refractivity contribution in [3.8, 4) is 0 Å². The van der Waals surface area contributed by atoms with Crippen LogP contribution in [0.25, 0.3) is 0 Å². The molecule has 5 heteroatoms. The van der Waals surface area contributed by atoms with Gasteiger partial charge in [0.15, 0.2) is 0 Å². The van der Waals surface area contributed by atoms with Crippen molar-refractivity contribution in [3.63, 3.8) is 0 Å². The molecule has 0 amide bonds. The standard InChI is InChI=1S/C7H12O4.Li.H/c1-3-10-6(8)5-7(9)11-4-2;;/h3-5H2,1-2H3;;/q;+1;-1. The minimum absolute atomic E-state index is 0. The van der Waals surface area contributed by atoms with Crippen LogP contribution in [0.2, 0.25) is 0 Å². The van der Waals surface area contributed by atoms with E-state index in [0.29, 0.717) is 0 Å². The van der Waals surface area contributed by atoms with Crippen LogP contribution < -0.4 is 18.9 Å². The third kappa shape index (κ3) is 7.64. The molecule has 0 atom stereocenters. The van der Waals surface area contributed by atoms with Gasteiger partial charge in [0.1, 0.15) is 6.42 Å². The van der Waals surface area contributed by atoms with Gasteiger partial charge in [0.25, 0.3) is 0 Å². The van der Waals surface area contributed by atoms with Crippen molar-refractivity contribution in [2.45, 2.75) is 20.3 Å². The summed E-state index contributed by atoms with van der Waals surface area (Å²) in [7, 11) is 0. The van der Waals surface area contributed by atoms with Gasteiger partial charge in [0.2, 0.25) is 0 Å². The molecule has 0 bridgehead atoms. The number of carbonyl (C=O) groups is 2. The number of hydrogen-bond acceptors (Lipinski definition) is 4. The molecular weight excluding hydrogens is 155 g/mol. The Kier molecular flexibility index (Phi) is 10.1. The summed E-state index contributed by atoms with van der Waals surface area (Å²) in [5.41, 5.74) is 0. The van der Waals surface area contributed by atoms with Gasteiger partial charge in [-0.05, 0) is 13.8 Å². The second-order valence-electron chi connectivity index (χ2n) is 1.79. The fraction of sp³-hybridized carbons (Fsp3) is 0.714. The average molecular weight is 168 g/mol. The van der Waals surface area contributed by atoms with Crippen LogP contribution in [0.1, 0.15) is 21.7 Å². The maximum atomic E-state index is 10.6. The SMILES string of the molecule is CCOC(=O)CC(=O)OCC.[H-].[Li+]. The number of hydrogen-bond donors (Lipinski definition) is 0. The number of esters is 2. The van der Waals surface area contributed by atoms with Crippen molar-refractivity contribution < 1.29 is 39.4 Å². The largest absolute Gasteiger partial charge is 1.00 e. The van der Waals surface area contributed by atoms with Crippen molar-refractivity contribution >= 4 is 11.9 Å². The monoisotopic (exact) mass is 168 g/mol. The smallest absolute Gasteiger partial charge is 1.00 e. The first-order valence-electron chi connectivity index (χ1n) is 3.52. The third-order valence-electron chi connectivity index (χ3n) is 0.899. The van der Waals surface area contributed by atoms with Crippen LogP contribution in [-0.4, -0.2) is 25.2 Å². The maximum Gasteiger partial charge on any atom is 1.00 e. The summed E-state index contributed by atoms with van der Waals surface area (Å²) in [6, 6.07) is 0. The van der Waals surface area contributed by atoms with E-state index in [2.05, 4.69) is 9.47 Å². The Morgan fingerprint density at radius 2 is 1.42 bits per heavy atom.